The zero-order valence-corrected chi connectivity index (χ0v) is 16.2. The number of hydrogen-bond acceptors (Lipinski definition) is 5. The summed E-state index contributed by atoms with van der Waals surface area (Å²) in [6, 6.07) is 7.36. The second kappa shape index (κ2) is 7.11. The fraction of sp³-hybridized carbons (Fsp3) is 0.235. The quantitative estimate of drug-likeness (QED) is 0.632. The Morgan fingerprint density at radius 1 is 1.24 bits per heavy atom. The van der Waals surface area contributed by atoms with E-state index in [1.165, 1.54) is 29.8 Å². The number of nitrogens with zero attached hydrogens (tertiary/aromatic N) is 2. The first-order chi connectivity index (χ1) is 11.9. The summed E-state index contributed by atoms with van der Waals surface area (Å²) in [5.74, 6) is -0.774. The fourth-order valence-electron chi connectivity index (χ4n) is 2.59. The highest BCUT2D eigenvalue weighted by molar-refractivity contribution is 7.18. The maximum Gasteiger partial charge on any atom is 0.325 e. The minimum atomic E-state index is -0.396. The molecule has 0 fully saturated rings. The van der Waals surface area contributed by atoms with E-state index in [4.69, 9.17) is 16.3 Å². The van der Waals surface area contributed by atoms with Crippen molar-refractivity contribution >= 4 is 56.4 Å². The number of aryl methyl sites for hydroxylation is 2. The number of aromatic nitrogens is 1. The Morgan fingerprint density at radius 3 is 2.64 bits per heavy atom. The molecule has 0 radical (unpaired) electrons. The van der Waals surface area contributed by atoms with Gasteiger partial charge in [-0.1, -0.05) is 29.0 Å². The number of ether oxygens (including phenoxy) is 1. The van der Waals surface area contributed by atoms with Gasteiger partial charge < -0.3 is 9.30 Å². The summed E-state index contributed by atoms with van der Waals surface area (Å²) >= 11 is 8.44. The van der Waals surface area contributed by atoms with Gasteiger partial charge in [0, 0.05) is 0 Å². The van der Waals surface area contributed by atoms with Crippen LogP contribution in [0.3, 0.4) is 0 Å². The summed E-state index contributed by atoms with van der Waals surface area (Å²) in [6.45, 7) is 3.98. The molecule has 2 heterocycles. The second-order valence-corrected chi connectivity index (χ2v) is 8.22. The first-order valence-electron chi connectivity index (χ1n) is 7.41. The number of thiazole rings is 1. The van der Waals surface area contributed by atoms with Crippen molar-refractivity contribution in [1.29, 1.82) is 0 Å². The van der Waals surface area contributed by atoms with Crippen LogP contribution in [0.5, 0.6) is 0 Å². The number of hydrogen-bond donors (Lipinski definition) is 0. The molecule has 3 aromatic rings. The minimum Gasteiger partial charge on any atom is -0.468 e. The van der Waals surface area contributed by atoms with E-state index >= 15 is 0 Å². The number of amides is 1. The van der Waals surface area contributed by atoms with Gasteiger partial charge in [-0.3, -0.25) is 9.59 Å². The summed E-state index contributed by atoms with van der Waals surface area (Å²) in [4.78, 5) is 29.4. The number of thiophene rings is 1. The Kier molecular flexibility index (Phi) is 5.08. The Balaban J connectivity index is 2.20. The molecule has 1 amide bonds. The molecule has 0 atom stereocenters. The molecule has 0 saturated carbocycles. The van der Waals surface area contributed by atoms with Crippen LogP contribution >= 0.6 is 34.3 Å². The maximum atomic E-state index is 12.4. The number of esters is 1. The van der Waals surface area contributed by atoms with Crippen LogP contribution < -0.4 is 4.80 Å². The number of methoxy groups -OCH3 is 1. The zero-order chi connectivity index (χ0) is 18.1. The lowest BCUT2D eigenvalue weighted by Gasteiger charge is -2.06. The first kappa shape index (κ1) is 17.8. The van der Waals surface area contributed by atoms with E-state index in [1.807, 2.05) is 26.0 Å². The number of benzene rings is 1. The van der Waals surface area contributed by atoms with Gasteiger partial charge in [-0.05, 0) is 43.2 Å². The van der Waals surface area contributed by atoms with Crippen molar-refractivity contribution in [2.75, 3.05) is 7.11 Å². The summed E-state index contributed by atoms with van der Waals surface area (Å²) < 4.78 is 8.02. The van der Waals surface area contributed by atoms with Gasteiger partial charge in [0.2, 0.25) is 0 Å². The van der Waals surface area contributed by atoms with Crippen LogP contribution in [0.1, 0.15) is 20.8 Å². The highest BCUT2D eigenvalue weighted by Crippen LogP contribution is 2.24. The zero-order valence-electron chi connectivity index (χ0n) is 13.8. The Hall–Kier alpha value is -1.96. The largest absolute Gasteiger partial charge is 0.468 e. The van der Waals surface area contributed by atoms with E-state index in [-0.39, 0.29) is 12.5 Å². The second-order valence-electron chi connectivity index (χ2n) is 5.50. The highest BCUT2D eigenvalue weighted by Gasteiger charge is 2.15. The van der Waals surface area contributed by atoms with E-state index < -0.39 is 5.97 Å². The summed E-state index contributed by atoms with van der Waals surface area (Å²) in [5, 5.41) is 0. The third-order valence-corrected chi connectivity index (χ3v) is 5.85. The Morgan fingerprint density at radius 2 is 2.00 bits per heavy atom. The SMILES string of the molecule is COC(=O)Cn1c(=NC(=O)c2ccc(Cl)s2)sc2cc(C)cc(C)c21. The molecule has 1 aromatic carbocycles. The number of carbonyl (C=O) groups excluding carboxylic acids is 2. The van der Waals surface area contributed by atoms with Gasteiger partial charge in [-0.15, -0.1) is 11.3 Å². The van der Waals surface area contributed by atoms with Crippen LogP contribution in [0.15, 0.2) is 29.3 Å². The number of carbonyl (C=O) groups is 2. The van der Waals surface area contributed by atoms with Crippen molar-refractivity contribution in [1.82, 2.24) is 4.57 Å². The lowest BCUT2D eigenvalue weighted by molar-refractivity contribution is -0.141. The van der Waals surface area contributed by atoms with Crippen molar-refractivity contribution in [3.05, 3.63) is 49.4 Å². The lowest BCUT2D eigenvalue weighted by atomic mass is 10.1. The fourth-order valence-corrected chi connectivity index (χ4v) is 4.72. The van der Waals surface area contributed by atoms with Crippen molar-refractivity contribution in [2.24, 2.45) is 4.99 Å². The first-order valence-corrected chi connectivity index (χ1v) is 9.42. The summed E-state index contributed by atoms with van der Waals surface area (Å²) in [6.07, 6.45) is 0. The molecule has 0 aliphatic rings. The van der Waals surface area contributed by atoms with E-state index in [0.717, 1.165) is 21.3 Å². The van der Waals surface area contributed by atoms with Gasteiger partial charge in [0.25, 0.3) is 5.91 Å². The van der Waals surface area contributed by atoms with Crippen molar-refractivity contribution in [2.45, 2.75) is 20.4 Å². The molecular formula is C17H15ClN2O3S2. The molecule has 0 aliphatic heterocycles. The number of fused-ring (bicyclic) bond motifs is 1. The van der Waals surface area contributed by atoms with Gasteiger partial charge >= 0.3 is 5.97 Å². The molecule has 0 N–H and O–H groups in total. The van der Waals surface area contributed by atoms with Crippen LogP contribution in [0.4, 0.5) is 0 Å². The minimum absolute atomic E-state index is 0.00227. The molecule has 0 spiro atoms. The third kappa shape index (κ3) is 3.68. The molecule has 25 heavy (non-hydrogen) atoms. The molecule has 0 bridgehead atoms. The van der Waals surface area contributed by atoms with Crippen LogP contribution in [0.2, 0.25) is 4.34 Å². The third-order valence-electron chi connectivity index (χ3n) is 3.61. The molecule has 0 saturated heterocycles. The summed E-state index contributed by atoms with van der Waals surface area (Å²) in [5.41, 5.74) is 3.01. The number of rotatable bonds is 3. The van der Waals surface area contributed by atoms with Gasteiger partial charge in [-0.2, -0.15) is 4.99 Å². The van der Waals surface area contributed by atoms with Gasteiger partial charge in [0.05, 0.1) is 26.5 Å². The topological polar surface area (TPSA) is 60.7 Å². The molecule has 130 valence electrons. The van der Waals surface area contributed by atoms with E-state index in [2.05, 4.69) is 4.99 Å². The highest BCUT2D eigenvalue weighted by atomic mass is 35.5. The van der Waals surface area contributed by atoms with Crippen LogP contribution in [0.25, 0.3) is 10.2 Å². The van der Waals surface area contributed by atoms with Crippen molar-refractivity contribution in [3.8, 4) is 0 Å². The Bertz CT molecular complexity index is 1050. The molecule has 3 rings (SSSR count). The van der Waals surface area contributed by atoms with Gasteiger partial charge in [-0.25, -0.2) is 0 Å². The normalized spacial score (nSPS) is 11.9. The molecule has 5 nitrogen and oxygen atoms in total. The monoisotopic (exact) mass is 394 g/mol. The van der Waals surface area contributed by atoms with E-state index in [9.17, 15) is 9.59 Å². The van der Waals surface area contributed by atoms with Crippen molar-refractivity contribution < 1.29 is 14.3 Å². The van der Waals surface area contributed by atoms with Crippen LogP contribution in [0, 0.1) is 13.8 Å². The Labute approximate surface area is 157 Å². The average molecular weight is 395 g/mol. The molecule has 8 heteroatoms. The standard InChI is InChI=1S/C17H15ClN2O3S2/c1-9-6-10(2)15-12(7-9)25-17(20(15)8-14(21)23-3)19-16(22)11-4-5-13(18)24-11/h4-7H,8H2,1-3H3. The molecular weight excluding hydrogens is 380 g/mol. The maximum absolute atomic E-state index is 12.4. The van der Waals surface area contributed by atoms with Gasteiger partial charge in [0.1, 0.15) is 6.54 Å². The van der Waals surface area contributed by atoms with E-state index in [0.29, 0.717) is 14.0 Å². The molecule has 2 aromatic heterocycles. The van der Waals surface area contributed by atoms with Crippen LogP contribution in [-0.4, -0.2) is 23.6 Å². The predicted molar refractivity (Wildman–Crippen MR) is 101 cm³/mol. The van der Waals surface area contributed by atoms with Crippen molar-refractivity contribution in [3.63, 3.8) is 0 Å². The molecule has 0 aliphatic carbocycles. The average Bonchev–Trinajstić information content (AvgIpc) is 3.11. The van der Waals surface area contributed by atoms with Gasteiger partial charge in [0.15, 0.2) is 4.80 Å². The van der Waals surface area contributed by atoms with Crippen LogP contribution in [-0.2, 0) is 16.1 Å². The smallest absolute Gasteiger partial charge is 0.325 e. The van der Waals surface area contributed by atoms with E-state index in [1.54, 1.807) is 16.7 Å². The molecule has 0 unspecified atom stereocenters. The summed E-state index contributed by atoms with van der Waals surface area (Å²) in [7, 11) is 1.34. The number of halogens is 1. The lowest BCUT2D eigenvalue weighted by Crippen LogP contribution is -2.22. The predicted octanol–water partition coefficient (Wildman–Crippen LogP) is 3.95.